The number of halogens is 1. The average molecular weight is 631 g/mol. The lowest BCUT2D eigenvalue weighted by Gasteiger charge is -2.46. The predicted molar refractivity (Wildman–Crippen MR) is 174 cm³/mol. The second kappa shape index (κ2) is 12.3. The SMILES string of the molecule is CC(C)(C)OC(=O)N1CC(O)(c2cc(C3CC3)cn3cc(CNc4ccnc(NC=O)c4)nc23)C1.Clc1cccc(C2CC2)c1. The van der Waals surface area contributed by atoms with Crippen molar-refractivity contribution in [2.45, 2.75) is 76.0 Å². The standard InChI is InChI=1S/C25H30N6O4.C9H9Cl/c1-24(2,3)35-23(33)31-13-25(34,14-31)20-8-17(16-4-5-16)11-30-12-19(29-22(20)30)10-27-18-6-7-26-21(9-18)28-15-32;10-9-3-1-2-8(6-9)7-4-5-7/h6-9,11-12,15-16,34H,4-5,10,13-14H2,1-3H3,(H2,26,27,28,32);1-3,6-7H,4-5H2. The molecule has 11 heteroatoms. The van der Waals surface area contributed by atoms with Crippen molar-refractivity contribution in [2.75, 3.05) is 23.7 Å². The van der Waals surface area contributed by atoms with Gasteiger partial charge in [0.25, 0.3) is 0 Å². The summed E-state index contributed by atoms with van der Waals surface area (Å²) in [5.41, 5.74) is 3.82. The van der Waals surface area contributed by atoms with E-state index in [-0.39, 0.29) is 13.1 Å². The van der Waals surface area contributed by atoms with E-state index in [0.29, 0.717) is 30.3 Å². The highest BCUT2D eigenvalue weighted by atomic mass is 35.5. The number of β-amino-alcohol motifs (C(OH)–C–C–N with tert-alkyl or cyclic N) is 1. The molecule has 0 spiro atoms. The number of aromatic nitrogens is 3. The van der Waals surface area contributed by atoms with Crippen LogP contribution < -0.4 is 10.6 Å². The van der Waals surface area contributed by atoms with Crippen LogP contribution in [0, 0.1) is 0 Å². The van der Waals surface area contributed by atoms with Gasteiger partial charge in [-0.25, -0.2) is 14.8 Å². The van der Waals surface area contributed by atoms with Gasteiger partial charge in [0, 0.05) is 40.9 Å². The minimum Gasteiger partial charge on any atom is -0.444 e. The summed E-state index contributed by atoms with van der Waals surface area (Å²) in [5, 5.41) is 18.2. The first-order valence-corrected chi connectivity index (χ1v) is 15.8. The lowest BCUT2D eigenvalue weighted by atomic mass is 9.86. The summed E-state index contributed by atoms with van der Waals surface area (Å²) < 4.78 is 7.42. The van der Waals surface area contributed by atoms with Gasteiger partial charge >= 0.3 is 6.09 Å². The second-order valence-electron chi connectivity index (χ2n) is 13.2. The highest BCUT2D eigenvalue weighted by molar-refractivity contribution is 6.30. The number of carbonyl (C=O) groups excluding carboxylic acids is 2. The van der Waals surface area contributed by atoms with Crippen LogP contribution in [0.15, 0.2) is 61.1 Å². The first-order valence-electron chi connectivity index (χ1n) is 15.4. The highest BCUT2D eigenvalue weighted by Gasteiger charge is 2.48. The Hall–Kier alpha value is -4.15. The van der Waals surface area contributed by atoms with Gasteiger partial charge < -0.3 is 29.8 Å². The number of benzene rings is 1. The molecule has 4 aromatic rings. The van der Waals surface area contributed by atoms with Gasteiger partial charge in [0.05, 0.1) is 25.3 Å². The van der Waals surface area contributed by atoms with E-state index < -0.39 is 17.3 Å². The Morgan fingerprint density at radius 1 is 1.09 bits per heavy atom. The number of rotatable bonds is 8. The number of nitrogens with one attached hydrogen (secondary N) is 2. The Labute approximate surface area is 267 Å². The van der Waals surface area contributed by atoms with Crippen molar-refractivity contribution < 1.29 is 19.4 Å². The number of likely N-dealkylation sites (tertiary alicyclic amines) is 1. The maximum atomic E-state index is 12.4. The molecule has 4 heterocycles. The molecule has 2 saturated carbocycles. The van der Waals surface area contributed by atoms with Gasteiger partial charge in [0.1, 0.15) is 22.7 Å². The number of nitrogens with zero attached hydrogens (tertiary/aromatic N) is 4. The number of anilines is 2. The van der Waals surface area contributed by atoms with Crippen molar-refractivity contribution >= 4 is 41.3 Å². The lowest BCUT2D eigenvalue weighted by Crippen LogP contribution is -2.62. The van der Waals surface area contributed by atoms with Gasteiger partial charge in [-0.15, -0.1) is 0 Å². The van der Waals surface area contributed by atoms with E-state index in [2.05, 4.69) is 33.9 Å². The molecule has 3 fully saturated rings. The van der Waals surface area contributed by atoms with E-state index in [1.54, 1.807) is 12.3 Å². The second-order valence-corrected chi connectivity index (χ2v) is 13.6. The third-order valence-corrected chi connectivity index (χ3v) is 8.30. The van der Waals surface area contributed by atoms with Gasteiger partial charge in [-0.2, -0.15) is 0 Å². The molecule has 1 aliphatic heterocycles. The topological polar surface area (TPSA) is 121 Å². The normalized spacial score (nSPS) is 17.1. The minimum atomic E-state index is -1.18. The fraction of sp³-hybridized carbons (Fsp3) is 0.412. The molecular formula is C34H39ClN6O4. The maximum absolute atomic E-state index is 12.4. The zero-order valence-electron chi connectivity index (χ0n) is 25.8. The Morgan fingerprint density at radius 3 is 2.49 bits per heavy atom. The first-order chi connectivity index (χ1) is 21.5. The van der Waals surface area contributed by atoms with Gasteiger partial charge in [-0.05, 0) is 93.7 Å². The summed E-state index contributed by atoms with van der Waals surface area (Å²) in [4.78, 5) is 33.5. The molecule has 2 amide bonds. The van der Waals surface area contributed by atoms with Gasteiger partial charge in [0.2, 0.25) is 6.41 Å². The van der Waals surface area contributed by atoms with Crippen molar-refractivity contribution in [3.8, 4) is 0 Å². The predicted octanol–water partition coefficient (Wildman–Crippen LogP) is 6.44. The molecule has 7 rings (SSSR count). The molecule has 45 heavy (non-hydrogen) atoms. The Balaban J connectivity index is 0.000000301. The van der Waals surface area contributed by atoms with E-state index in [1.165, 1.54) is 28.9 Å². The summed E-state index contributed by atoms with van der Waals surface area (Å²) in [5.74, 6) is 1.77. The fourth-order valence-corrected chi connectivity index (χ4v) is 5.70. The molecule has 236 valence electrons. The number of imidazole rings is 1. The average Bonchev–Trinajstić information content (AvgIpc) is 3.90. The molecule has 2 aliphatic carbocycles. The lowest BCUT2D eigenvalue weighted by molar-refractivity contribution is -0.105. The molecule has 10 nitrogen and oxygen atoms in total. The molecule has 3 N–H and O–H groups in total. The fourth-order valence-electron chi connectivity index (χ4n) is 5.50. The van der Waals surface area contributed by atoms with Crippen LogP contribution in [0.25, 0.3) is 5.65 Å². The van der Waals surface area contributed by atoms with E-state index in [1.807, 2.05) is 55.6 Å². The molecule has 0 bridgehead atoms. The summed E-state index contributed by atoms with van der Waals surface area (Å²) >= 11 is 5.82. The number of fused-ring (bicyclic) bond motifs is 1. The Bertz CT molecular complexity index is 1700. The number of hydrogen-bond donors (Lipinski definition) is 3. The van der Waals surface area contributed by atoms with E-state index in [9.17, 15) is 14.7 Å². The third-order valence-electron chi connectivity index (χ3n) is 8.07. The highest BCUT2D eigenvalue weighted by Crippen LogP contribution is 2.43. The van der Waals surface area contributed by atoms with Crippen LogP contribution in [0.1, 0.15) is 80.7 Å². The van der Waals surface area contributed by atoms with Crippen molar-refractivity contribution in [1.29, 1.82) is 0 Å². The quantitative estimate of drug-likeness (QED) is 0.192. The Kier molecular flexibility index (Phi) is 8.45. The van der Waals surface area contributed by atoms with E-state index in [0.717, 1.165) is 40.7 Å². The summed E-state index contributed by atoms with van der Waals surface area (Å²) in [6.45, 7) is 6.25. The zero-order chi connectivity index (χ0) is 31.8. The van der Waals surface area contributed by atoms with Crippen LogP contribution >= 0.6 is 11.6 Å². The molecule has 0 radical (unpaired) electrons. The first kappa shape index (κ1) is 30.9. The van der Waals surface area contributed by atoms with Gasteiger partial charge in [0.15, 0.2) is 0 Å². The molecule has 1 aromatic carbocycles. The molecule has 0 atom stereocenters. The minimum absolute atomic E-state index is 0.162. The van der Waals surface area contributed by atoms with Gasteiger partial charge in [-0.3, -0.25) is 4.79 Å². The van der Waals surface area contributed by atoms with Crippen LogP contribution in [0.4, 0.5) is 16.3 Å². The van der Waals surface area contributed by atoms with Crippen LogP contribution in [0.3, 0.4) is 0 Å². The van der Waals surface area contributed by atoms with E-state index >= 15 is 0 Å². The van der Waals surface area contributed by atoms with Crippen LogP contribution in [-0.2, 0) is 21.7 Å². The van der Waals surface area contributed by atoms with Crippen LogP contribution in [0.2, 0.25) is 5.02 Å². The number of carbonyl (C=O) groups is 2. The molecule has 1 saturated heterocycles. The molecular weight excluding hydrogens is 592 g/mol. The number of hydrogen-bond acceptors (Lipinski definition) is 7. The maximum Gasteiger partial charge on any atom is 0.410 e. The van der Waals surface area contributed by atoms with E-state index in [4.69, 9.17) is 21.3 Å². The molecule has 3 aliphatic rings. The summed E-state index contributed by atoms with van der Waals surface area (Å²) in [6, 6.07) is 13.8. The zero-order valence-corrected chi connectivity index (χ0v) is 26.6. The number of ether oxygens (including phenoxy) is 1. The van der Waals surface area contributed by atoms with Crippen molar-refractivity contribution in [3.05, 3.63) is 88.5 Å². The van der Waals surface area contributed by atoms with Crippen molar-refractivity contribution in [1.82, 2.24) is 19.3 Å². The largest absolute Gasteiger partial charge is 0.444 e. The summed E-state index contributed by atoms with van der Waals surface area (Å²) in [7, 11) is 0. The number of amides is 2. The summed E-state index contributed by atoms with van der Waals surface area (Å²) in [6.07, 6.45) is 10.8. The number of aliphatic hydroxyl groups is 1. The van der Waals surface area contributed by atoms with Gasteiger partial charge in [-0.1, -0.05) is 23.7 Å². The third kappa shape index (κ3) is 7.57. The van der Waals surface area contributed by atoms with Crippen molar-refractivity contribution in [2.24, 2.45) is 0 Å². The molecule has 3 aromatic heterocycles. The van der Waals surface area contributed by atoms with Crippen molar-refractivity contribution in [3.63, 3.8) is 0 Å². The molecule has 0 unspecified atom stereocenters. The monoisotopic (exact) mass is 630 g/mol. The smallest absolute Gasteiger partial charge is 0.410 e. The Morgan fingerprint density at radius 2 is 1.82 bits per heavy atom. The van der Waals surface area contributed by atoms with Crippen LogP contribution in [-0.4, -0.2) is 55.6 Å². The van der Waals surface area contributed by atoms with Crippen LogP contribution in [0.5, 0.6) is 0 Å². The number of pyridine rings is 2.